The Morgan fingerprint density at radius 2 is 0.847 bits per heavy atom. The zero-order chi connectivity index (χ0) is 71.1. The van der Waals surface area contributed by atoms with E-state index >= 15 is 0 Å². The van der Waals surface area contributed by atoms with Crippen LogP contribution in [0.4, 0.5) is 23.1 Å². The van der Waals surface area contributed by atoms with Gasteiger partial charge in [-0.05, 0) is 152 Å². The fourth-order valence-corrected chi connectivity index (χ4v) is 12.5. The average molecular weight is 1340 g/mol. The number of aromatic nitrogens is 5. The van der Waals surface area contributed by atoms with Crippen molar-refractivity contribution in [2.75, 3.05) is 14.7 Å². The van der Waals surface area contributed by atoms with Gasteiger partial charge < -0.3 is 41.2 Å². The second-order valence-corrected chi connectivity index (χ2v) is 24.8. The lowest BCUT2D eigenvalue weighted by Gasteiger charge is -2.23. The first kappa shape index (κ1) is 72.2. The highest BCUT2D eigenvalue weighted by molar-refractivity contribution is 6.55. The maximum absolute atomic E-state index is 13.5. The normalized spacial score (nSPS) is 14.3. The van der Waals surface area contributed by atoms with Gasteiger partial charge in [0.25, 0.3) is 17.6 Å². The number of nitrogens with two attached hydrogens (primary N) is 2. The number of amides is 3. The lowest BCUT2D eigenvalue weighted by molar-refractivity contribution is -0.114. The number of fused-ring (bicyclic) bond motifs is 6. The molecule has 3 aliphatic rings. The highest BCUT2D eigenvalue weighted by Crippen LogP contribution is 2.55. The Labute approximate surface area is 563 Å². The Morgan fingerprint density at radius 1 is 0.480 bits per heavy atom. The summed E-state index contributed by atoms with van der Waals surface area (Å²) in [5, 5.41) is 103. The number of aromatic hydroxyl groups is 7. The Kier molecular flexibility index (Phi) is 21.2. The molecular formula is C70H78N16O12. The Hall–Kier alpha value is -11.6. The number of carbonyl (C=O) groups excluding carboxylic acids is 4. The number of phenolic OH excluding ortho intramolecular Hbond substituents is 6. The van der Waals surface area contributed by atoms with Crippen molar-refractivity contribution in [1.29, 1.82) is 5.53 Å². The molecule has 0 saturated carbocycles. The largest absolute Gasteiger partial charge is 0.507 e. The van der Waals surface area contributed by atoms with Crippen LogP contribution < -0.4 is 26.4 Å². The quantitative estimate of drug-likeness (QED) is 0.0136. The average Bonchev–Trinajstić information content (AvgIpc) is 1.19. The van der Waals surface area contributed by atoms with Gasteiger partial charge in [0.05, 0.1) is 45.6 Å². The van der Waals surface area contributed by atoms with E-state index < -0.39 is 46.5 Å². The van der Waals surface area contributed by atoms with Gasteiger partial charge in [-0.25, -0.2) is 25.5 Å². The van der Waals surface area contributed by atoms with Crippen LogP contribution in [0.3, 0.4) is 0 Å². The van der Waals surface area contributed by atoms with Crippen molar-refractivity contribution < 1.29 is 60.4 Å². The van der Waals surface area contributed by atoms with Gasteiger partial charge in [0.15, 0.2) is 40.1 Å². The number of hydrazine groups is 1. The number of nitrogens with one attached hydrogen (secondary N) is 1. The first-order valence-corrected chi connectivity index (χ1v) is 31.1. The number of benzene rings is 4. The number of ketones is 1. The highest BCUT2D eigenvalue weighted by Gasteiger charge is 2.40. The van der Waals surface area contributed by atoms with Crippen LogP contribution in [-0.4, -0.2) is 131 Å². The fraction of sp³-hybridized carbons (Fsp3) is 0.286. The minimum atomic E-state index is -0.596. The van der Waals surface area contributed by atoms with E-state index in [4.69, 9.17) is 5.53 Å². The molecule has 9 aromatic rings. The second kappa shape index (κ2) is 28.8. The van der Waals surface area contributed by atoms with Crippen LogP contribution in [0.2, 0.25) is 0 Å². The van der Waals surface area contributed by atoms with Gasteiger partial charge in [0.1, 0.15) is 34.6 Å². The van der Waals surface area contributed by atoms with Crippen LogP contribution in [0.25, 0.3) is 43.7 Å². The summed E-state index contributed by atoms with van der Waals surface area (Å²) in [7, 11) is 0. The van der Waals surface area contributed by atoms with Gasteiger partial charge in [0, 0.05) is 82.0 Å². The van der Waals surface area contributed by atoms with Gasteiger partial charge >= 0.3 is 5.91 Å². The molecule has 3 aliphatic heterocycles. The number of nitrogens with zero attached hydrogens (tertiary/aromatic N) is 13. The van der Waals surface area contributed by atoms with Crippen LogP contribution in [0.15, 0.2) is 111 Å². The van der Waals surface area contributed by atoms with Crippen molar-refractivity contribution in [2.24, 2.45) is 37.2 Å². The molecule has 3 amide bonds. The molecule has 8 heterocycles. The van der Waals surface area contributed by atoms with E-state index in [1.807, 2.05) is 83.1 Å². The van der Waals surface area contributed by atoms with E-state index in [0.717, 1.165) is 12.4 Å². The van der Waals surface area contributed by atoms with Crippen molar-refractivity contribution in [3.05, 3.63) is 136 Å². The topological polar surface area (TPSA) is 445 Å². The van der Waals surface area contributed by atoms with E-state index in [-0.39, 0.29) is 109 Å². The molecule has 14 N–H and O–H groups in total. The first-order chi connectivity index (χ1) is 46.1. The molecule has 0 spiro atoms. The molecule has 0 aliphatic carbocycles. The van der Waals surface area contributed by atoms with E-state index in [1.165, 1.54) is 14.7 Å². The molecular weight excluding hydrogens is 1260 g/mol. The van der Waals surface area contributed by atoms with Crippen LogP contribution >= 0.6 is 0 Å². The number of phenols is 6. The van der Waals surface area contributed by atoms with E-state index in [2.05, 4.69) is 57.1 Å². The van der Waals surface area contributed by atoms with E-state index in [1.54, 1.807) is 104 Å². The summed E-state index contributed by atoms with van der Waals surface area (Å²) in [4.78, 5) is 71.5. The molecule has 28 nitrogen and oxygen atoms in total. The number of carbonyl (C=O) groups is 4. The summed E-state index contributed by atoms with van der Waals surface area (Å²) < 4.78 is 1.67. The summed E-state index contributed by atoms with van der Waals surface area (Å²) in [6.45, 7) is 25.7. The number of hydrogen-bond donors (Lipinski definition) is 10. The zero-order valence-electron chi connectivity index (χ0n) is 56.4. The Balaban J connectivity index is 0.000000311. The molecule has 510 valence electrons. The number of hydrogen-bond acceptors (Lipinski definition) is 23. The van der Waals surface area contributed by atoms with Gasteiger partial charge in [-0.1, -0.05) is 39.8 Å². The van der Waals surface area contributed by atoms with E-state index in [0.29, 0.717) is 78.2 Å². The number of rotatable bonds is 12. The van der Waals surface area contributed by atoms with Crippen molar-refractivity contribution >= 4 is 103 Å². The third-order valence-corrected chi connectivity index (χ3v) is 16.6. The number of Topliss-reactive ketones (excluding diaryl/α,β-unsaturated/α-hetero) is 1. The summed E-state index contributed by atoms with van der Waals surface area (Å²) in [5.41, 5.74) is 11.0. The lowest BCUT2D eigenvalue weighted by atomic mass is 9.83. The number of pyridine rings is 4. The maximum atomic E-state index is 13.5. The van der Waals surface area contributed by atoms with Gasteiger partial charge in [-0.15, -0.1) is 10.2 Å². The SMILES string of the molecule is CC(C)N1C(=O)C(=O)c2cccnc21.CC(C)n1c(O)c(N=N)c2cccnc21.Cc1cc2c(C(C)C)c(O)c(O)c(/C=N/N=C3\C(=O)N(C(C)C)c4ncccc43)c2c(O)c1-c1c(C)cc2c(C(C)C)c(O)c(O)c(/C=N/N=C3/C(=O)N(C(C)C)c4ncccc43)c2c1O.NN.O. The molecule has 12 rings (SSSR count). The van der Waals surface area contributed by atoms with Crippen molar-refractivity contribution in [2.45, 2.75) is 133 Å². The van der Waals surface area contributed by atoms with E-state index in [9.17, 15) is 54.9 Å². The Bertz CT molecular complexity index is 4630. The predicted octanol–water partition coefficient (Wildman–Crippen LogP) is 10.7. The summed E-state index contributed by atoms with van der Waals surface area (Å²) in [6.07, 6.45) is 8.70. The van der Waals surface area contributed by atoms with Gasteiger partial charge in [-0.3, -0.25) is 50.1 Å². The van der Waals surface area contributed by atoms with Gasteiger partial charge in [0.2, 0.25) is 5.88 Å². The van der Waals surface area contributed by atoms with Crippen LogP contribution in [0, 0.1) is 19.4 Å². The molecule has 0 atom stereocenters. The standard InChI is InChI=1S/C50H50N8O8.C10H12N4O.C10H10N2O2.H4N2.H2O/c1-21(2)33-29-17-25(9)35(43(61)37(29)31(41(59)45(33)63)19-53-55-39-27-13-11-15-51-47(27)57(23(5)6)49(39)65)36-26(10)18-30-34(22(3)4)46(64)42(60)32(38(30)44(36)62)20-54-56-40-28-14-12-16-52-48(28)58(24(7)8)50(40)66;1-6(2)14-9-7(4-3-5-12-9)8(13-11)10(14)15;1-6(2)12-9-7(4-3-5-11-9)8(13)10(12)14;1-2;/h11-24,59-64H,1-10H3;3-6,11,15H,1-2H3;3-6H,1-2H3;1-2H2;1H2/b53-19+,54-20+,55-39-,56-40+;;;;. The van der Waals surface area contributed by atoms with Crippen LogP contribution in [-0.2, 0) is 14.4 Å². The molecule has 98 heavy (non-hydrogen) atoms. The second-order valence-electron chi connectivity index (χ2n) is 24.8. The zero-order valence-corrected chi connectivity index (χ0v) is 56.4. The highest BCUT2D eigenvalue weighted by atomic mass is 16.3. The van der Waals surface area contributed by atoms with Gasteiger partial charge in [-0.2, -0.15) is 15.3 Å². The molecule has 0 radical (unpaired) electrons. The van der Waals surface area contributed by atoms with Crippen molar-refractivity contribution in [3.63, 3.8) is 0 Å². The number of anilines is 3. The molecule has 0 bridgehead atoms. The summed E-state index contributed by atoms with van der Waals surface area (Å²) in [6, 6.07) is 16.7. The summed E-state index contributed by atoms with van der Waals surface area (Å²) in [5.74, 6) is 4.05. The Morgan fingerprint density at radius 3 is 1.22 bits per heavy atom. The maximum Gasteiger partial charge on any atom is 0.300 e. The van der Waals surface area contributed by atoms with Crippen molar-refractivity contribution in [1.82, 2.24) is 24.5 Å². The third-order valence-electron chi connectivity index (χ3n) is 16.6. The molecule has 28 heteroatoms. The first-order valence-electron chi connectivity index (χ1n) is 31.1. The molecule has 0 saturated heterocycles. The molecule has 4 aromatic carbocycles. The van der Waals surface area contributed by atoms with Crippen LogP contribution in [0.1, 0.15) is 156 Å². The number of aryl methyl sites for hydroxylation is 2. The third kappa shape index (κ3) is 12.3. The molecule has 0 fully saturated rings. The predicted molar refractivity (Wildman–Crippen MR) is 376 cm³/mol. The monoisotopic (exact) mass is 1330 g/mol. The van der Waals surface area contributed by atoms with Crippen LogP contribution in [0.5, 0.6) is 40.4 Å². The van der Waals surface area contributed by atoms with Crippen molar-refractivity contribution in [3.8, 4) is 51.5 Å². The smallest absolute Gasteiger partial charge is 0.300 e. The molecule has 5 aromatic heterocycles. The fourth-order valence-electron chi connectivity index (χ4n) is 12.5. The molecule has 0 unspecified atom stereocenters. The summed E-state index contributed by atoms with van der Waals surface area (Å²) >= 11 is 0. The minimum Gasteiger partial charge on any atom is -0.507 e. The lowest BCUT2D eigenvalue weighted by Crippen LogP contribution is -2.36. The minimum absolute atomic E-state index is 0.